The van der Waals surface area contributed by atoms with E-state index in [1.807, 2.05) is 55.5 Å². The van der Waals surface area contributed by atoms with Gasteiger partial charge in [-0.05, 0) is 56.0 Å². The fraction of sp³-hybridized carbons (Fsp3) is 0.355. The van der Waals surface area contributed by atoms with Crippen LogP contribution >= 0.6 is 11.8 Å². The molecule has 0 saturated carbocycles. The van der Waals surface area contributed by atoms with E-state index in [1.54, 1.807) is 16.7 Å². The third-order valence-electron chi connectivity index (χ3n) is 6.48. The summed E-state index contributed by atoms with van der Waals surface area (Å²) in [6.07, 6.45) is 1.68. The Balaban J connectivity index is 1.86. The number of carbonyl (C=O) groups excluding carboxylic acids is 2. The first-order chi connectivity index (χ1) is 17.4. The van der Waals surface area contributed by atoms with E-state index in [1.165, 1.54) is 5.56 Å². The van der Waals surface area contributed by atoms with Gasteiger partial charge < -0.3 is 10.2 Å². The minimum Gasteiger partial charge on any atom is -0.352 e. The van der Waals surface area contributed by atoms with Crippen LogP contribution in [0.2, 0.25) is 0 Å². The maximum absolute atomic E-state index is 13.7. The van der Waals surface area contributed by atoms with Crippen LogP contribution in [-0.4, -0.2) is 34.6 Å². The number of nitrogens with zero attached hydrogens (tertiary/aromatic N) is 1. The molecule has 190 valence electrons. The highest BCUT2D eigenvalue weighted by molar-refractivity contribution is 7.99. The summed E-state index contributed by atoms with van der Waals surface area (Å²) in [5.74, 6) is 0.566. The van der Waals surface area contributed by atoms with Crippen LogP contribution in [0.15, 0.2) is 83.8 Å². The zero-order chi connectivity index (χ0) is 25.9. The Morgan fingerprint density at radius 3 is 2.25 bits per heavy atom. The summed E-state index contributed by atoms with van der Waals surface area (Å²) in [6.45, 7) is 8.58. The maximum Gasteiger partial charge on any atom is 0.243 e. The summed E-state index contributed by atoms with van der Waals surface area (Å²) in [4.78, 5) is 30.2. The molecule has 3 rings (SSSR count). The van der Waals surface area contributed by atoms with Crippen LogP contribution in [0.5, 0.6) is 0 Å². The van der Waals surface area contributed by atoms with Crippen molar-refractivity contribution < 1.29 is 9.59 Å². The van der Waals surface area contributed by atoms with Crippen molar-refractivity contribution in [3.8, 4) is 0 Å². The number of aryl methyl sites for hydroxylation is 2. The number of carbonyl (C=O) groups is 2. The van der Waals surface area contributed by atoms with Crippen molar-refractivity contribution >= 4 is 23.6 Å². The third kappa shape index (κ3) is 8.27. The first-order valence-electron chi connectivity index (χ1n) is 12.7. The summed E-state index contributed by atoms with van der Waals surface area (Å²) >= 11 is 1.67. The molecule has 0 unspecified atom stereocenters. The second-order valence-corrected chi connectivity index (χ2v) is 10.6. The monoisotopic (exact) mass is 502 g/mol. The zero-order valence-electron chi connectivity index (χ0n) is 21.9. The molecule has 0 aliphatic rings. The Hall–Kier alpha value is -3.05. The summed E-state index contributed by atoms with van der Waals surface area (Å²) in [5.41, 5.74) is 4.44. The van der Waals surface area contributed by atoms with Crippen molar-refractivity contribution in [2.24, 2.45) is 0 Å². The van der Waals surface area contributed by atoms with E-state index in [2.05, 4.69) is 56.4 Å². The molecule has 3 aromatic rings. The number of hydrogen-bond acceptors (Lipinski definition) is 3. The van der Waals surface area contributed by atoms with Crippen molar-refractivity contribution in [1.29, 1.82) is 0 Å². The molecule has 36 heavy (non-hydrogen) atoms. The van der Waals surface area contributed by atoms with Crippen LogP contribution in [0.25, 0.3) is 0 Å². The standard InChI is InChI=1S/C31H38N2O2S/c1-5-25(4)32-31(35)29(21-26-12-7-6-8-13-26)33(22-27-14-10-9-11-24(27)3)30(34)19-20-36-28-17-15-23(2)16-18-28/h6-18,25,29H,5,19-22H2,1-4H3,(H,32,35)/t25-,29+/m1/s1. The fourth-order valence-corrected chi connectivity index (χ4v) is 4.84. The molecule has 0 aliphatic carbocycles. The van der Waals surface area contributed by atoms with Crippen molar-refractivity contribution in [1.82, 2.24) is 10.2 Å². The van der Waals surface area contributed by atoms with Gasteiger partial charge in [-0.15, -0.1) is 11.8 Å². The number of hydrogen-bond donors (Lipinski definition) is 1. The van der Waals surface area contributed by atoms with E-state index < -0.39 is 6.04 Å². The molecule has 0 heterocycles. The van der Waals surface area contributed by atoms with Gasteiger partial charge in [0.05, 0.1) is 0 Å². The van der Waals surface area contributed by atoms with Crippen molar-refractivity contribution in [3.05, 3.63) is 101 Å². The Morgan fingerprint density at radius 2 is 1.58 bits per heavy atom. The molecule has 2 amide bonds. The number of nitrogens with one attached hydrogen (secondary N) is 1. The molecule has 0 saturated heterocycles. The molecule has 0 aliphatic heterocycles. The normalized spacial score (nSPS) is 12.6. The second-order valence-electron chi connectivity index (χ2n) is 9.38. The molecule has 4 nitrogen and oxygen atoms in total. The fourth-order valence-electron chi connectivity index (χ4n) is 4.00. The lowest BCUT2D eigenvalue weighted by Crippen LogP contribution is -2.52. The Bertz CT molecular complexity index is 1110. The highest BCUT2D eigenvalue weighted by Crippen LogP contribution is 2.22. The molecule has 5 heteroatoms. The van der Waals surface area contributed by atoms with Gasteiger partial charge in [0.25, 0.3) is 0 Å². The van der Waals surface area contributed by atoms with Gasteiger partial charge in [0.15, 0.2) is 0 Å². The molecule has 3 aromatic carbocycles. The SMILES string of the molecule is CC[C@@H](C)NC(=O)[C@H](Cc1ccccc1)N(Cc1ccccc1C)C(=O)CCSc1ccc(C)cc1. The van der Waals surface area contributed by atoms with Gasteiger partial charge in [-0.1, -0.05) is 79.2 Å². The molecule has 0 spiro atoms. The average molecular weight is 503 g/mol. The van der Waals surface area contributed by atoms with Gasteiger partial charge >= 0.3 is 0 Å². The Morgan fingerprint density at radius 1 is 0.917 bits per heavy atom. The van der Waals surface area contributed by atoms with E-state index in [0.717, 1.165) is 28.0 Å². The summed E-state index contributed by atoms with van der Waals surface area (Å²) in [7, 11) is 0. The van der Waals surface area contributed by atoms with Crippen molar-refractivity contribution in [3.63, 3.8) is 0 Å². The minimum atomic E-state index is -0.585. The predicted molar refractivity (Wildman–Crippen MR) is 150 cm³/mol. The van der Waals surface area contributed by atoms with Crippen LogP contribution in [0.3, 0.4) is 0 Å². The number of rotatable bonds is 12. The van der Waals surface area contributed by atoms with E-state index in [-0.39, 0.29) is 17.9 Å². The van der Waals surface area contributed by atoms with Gasteiger partial charge in [-0.3, -0.25) is 9.59 Å². The largest absolute Gasteiger partial charge is 0.352 e. The van der Waals surface area contributed by atoms with Crippen LogP contribution in [0, 0.1) is 13.8 Å². The van der Waals surface area contributed by atoms with Gasteiger partial charge in [0.2, 0.25) is 11.8 Å². The summed E-state index contributed by atoms with van der Waals surface area (Å²) in [6, 6.07) is 25.9. The van der Waals surface area contributed by atoms with E-state index in [0.29, 0.717) is 25.1 Å². The molecule has 2 atom stereocenters. The number of benzene rings is 3. The lowest BCUT2D eigenvalue weighted by atomic mass is 10.0. The molecule has 0 radical (unpaired) electrons. The van der Waals surface area contributed by atoms with Crippen LogP contribution < -0.4 is 5.32 Å². The van der Waals surface area contributed by atoms with E-state index >= 15 is 0 Å². The molecular formula is C31H38N2O2S. The van der Waals surface area contributed by atoms with E-state index in [4.69, 9.17) is 0 Å². The highest BCUT2D eigenvalue weighted by Gasteiger charge is 2.31. The van der Waals surface area contributed by atoms with Gasteiger partial charge in [-0.2, -0.15) is 0 Å². The molecule has 0 aromatic heterocycles. The minimum absolute atomic E-state index is 0.00176. The lowest BCUT2D eigenvalue weighted by molar-refractivity contribution is -0.141. The molecular weight excluding hydrogens is 464 g/mol. The third-order valence-corrected chi connectivity index (χ3v) is 7.49. The lowest BCUT2D eigenvalue weighted by Gasteiger charge is -2.32. The first-order valence-corrected chi connectivity index (χ1v) is 13.7. The van der Waals surface area contributed by atoms with Crippen LogP contribution in [0.1, 0.15) is 48.9 Å². The van der Waals surface area contributed by atoms with Crippen LogP contribution in [0.4, 0.5) is 0 Å². The van der Waals surface area contributed by atoms with Crippen molar-refractivity contribution in [2.45, 2.75) is 70.5 Å². The van der Waals surface area contributed by atoms with Crippen LogP contribution in [-0.2, 0) is 22.6 Å². The molecule has 0 fully saturated rings. The number of amides is 2. The van der Waals surface area contributed by atoms with E-state index in [9.17, 15) is 9.59 Å². The Kier molecular flexibility index (Phi) is 10.6. The molecule has 1 N–H and O–H groups in total. The predicted octanol–water partition coefficient (Wildman–Crippen LogP) is 6.34. The maximum atomic E-state index is 13.7. The topological polar surface area (TPSA) is 49.4 Å². The average Bonchev–Trinajstić information content (AvgIpc) is 2.88. The van der Waals surface area contributed by atoms with Crippen molar-refractivity contribution in [2.75, 3.05) is 5.75 Å². The Labute approximate surface area is 220 Å². The second kappa shape index (κ2) is 13.9. The van der Waals surface area contributed by atoms with Gasteiger partial charge in [0, 0.05) is 36.1 Å². The smallest absolute Gasteiger partial charge is 0.243 e. The number of thioether (sulfide) groups is 1. The summed E-state index contributed by atoms with van der Waals surface area (Å²) in [5, 5.41) is 3.13. The summed E-state index contributed by atoms with van der Waals surface area (Å²) < 4.78 is 0. The van der Waals surface area contributed by atoms with Gasteiger partial charge in [-0.25, -0.2) is 0 Å². The quantitative estimate of drug-likeness (QED) is 0.294. The highest BCUT2D eigenvalue weighted by atomic mass is 32.2. The van der Waals surface area contributed by atoms with Gasteiger partial charge in [0.1, 0.15) is 6.04 Å². The molecule has 0 bridgehead atoms. The zero-order valence-corrected chi connectivity index (χ0v) is 22.7. The first kappa shape index (κ1) is 27.5.